The van der Waals surface area contributed by atoms with Gasteiger partial charge in [0.2, 0.25) is 0 Å². The van der Waals surface area contributed by atoms with Gasteiger partial charge in [-0.15, -0.1) is 0 Å². The molecule has 0 aromatic carbocycles. The van der Waals surface area contributed by atoms with E-state index in [1.54, 1.807) is 0 Å². The van der Waals surface area contributed by atoms with Crippen molar-refractivity contribution in [2.24, 2.45) is 11.3 Å². The SMILES string of the molecule is CC(=CCl)CC1(C(=O)O)CCCC(C)C1. The Kier molecular flexibility index (Phi) is 4.21. The van der Waals surface area contributed by atoms with Gasteiger partial charge in [0.05, 0.1) is 5.41 Å². The molecule has 1 aliphatic carbocycles. The van der Waals surface area contributed by atoms with Crippen molar-refractivity contribution in [3.05, 3.63) is 11.1 Å². The predicted octanol–water partition coefficient (Wildman–Crippen LogP) is 3.80. The Hall–Kier alpha value is -0.500. The van der Waals surface area contributed by atoms with E-state index in [-0.39, 0.29) is 0 Å². The quantitative estimate of drug-likeness (QED) is 0.801. The highest BCUT2D eigenvalue weighted by molar-refractivity contribution is 6.25. The summed E-state index contributed by atoms with van der Waals surface area (Å²) >= 11 is 5.62. The van der Waals surface area contributed by atoms with E-state index in [4.69, 9.17) is 11.6 Å². The third-order valence-electron chi connectivity index (χ3n) is 3.35. The van der Waals surface area contributed by atoms with Gasteiger partial charge in [-0.1, -0.05) is 36.9 Å². The van der Waals surface area contributed by atoms with Crippen LogP contribution in [0.1, 0.15) is 46.0 Å². The fraction of sp³-hybridized carbons (Fsp3) is 0.750. The zero-order chi connectivity index (χ0) is 11.5. The molecule has 1 fully saturated rings. The number of rotatable bonds is 3. The second-order valence-corrected chi connectivity index (χ2v) is 5.14. The van der Waals surface area contributed by atoms with Crippen molar-refractivity contribution in [1.29, 1.82) is 0 Å². The standard InChI is InChI=1S/C12H19ClO2/c1-9-4-3-5-12(6-9,11(14)15)7-10(2)8-13/h8-9H,3-7H2,1-2H3,(H,14,15). The lowest BCUT2D eigenvalue weighted by Gasteiger charge is -2.36. The lowest BCUT2D eigenvalue weighted by molar-refractivity contribution is -0.152. The van der Waals surface area contributed by atoms with Gasteiger partial charge in [-0.2, -0.15) is 0 Å². The fourth-order valence-corrected chi connectivity index (χ4v) is 2.74. The molecule has 2 atom stereocenters. The molecule has 1 aliphatic rings. The Morgan fingerprint density at radius 1 is 1.67 bits per heavy atom. The van der Waals surface area contributed by atoms with Gasteiger partial charge >= 0.3 is 5.97 Å². The van der Waals surface area contributed by atoms with Crippen LogP contribution in [0.15, 0.2) is 11.1 Å². The molecule has 0 saturated heterocycles. The average molecular weight is 231 g/mol. The highest BCUT2D eigenvalue weighted by Gasteiger charge is 2.41. The van der Waals surface area contributed by atoms with Crippen LogP contribution in [-0.4, -0.2) is 11.1 Å². The number of carbonyl (C=O) groups is 1. The van der Waals surface area contributed by atoms with Crippen LogP contribution in [0, 0.1) is 11.3 Å². The van der Waals surface area contributed by atoms with Gasteiger partial charge in [0.1, 0.15) is 0 Å². The highest BCUT2D eigenvalue weighted by atomic mass is 35.5. The molecule has 0 amide bonds. The molecule has 0 aromatic rings. The number of hydrogen-bond donors (Lipinski definition) is 1. The predicted molar refractivity (Wildman–Crippen MR) is 61.9 cm³/mol. The first-order valence-corrected chi connectivity index (χ1v) is 5.93. The van der Waals surface area contributed by atoms with Crippen molar-refractivity contribution >= 4 is 17.6 Å². The van der Waals surface area contributed by atoms with Crippen molar-refractivity contribution < 1.29 is 9.90 Å². The maximum atomic E-state index is 11.4. The Labute approximate surface area is 96.3 Å². The molecule has 2 unspecified atom stereocenters. The number of allylic oxidation sites excluding steroid dienone is 1. The zero-order valence-electron chi connectivity index (χ0n) is 9.42. The zero-order valence-corrected chi connectivity index (χ0v) is 10.2. The molecule has 0 aliphatic heterocycles. The minimum absolute atomic E-state index is 0.512. The molecule has 0 bridgehead atoms. The minimum atomic E-state index is -0.660. The van der Waals surface area contributed by atoms with Crippen LogP contribution in [0.25, 0.3) is 0 Å². The van der Waals surface area contributed by atoms with E-state index >= 15 is 0 Å². The molecular formula is C12H19ClO2. The molecule has 0 aromatic heterocycles. The van der Waals surface area contributed by atoms with Crippen molar-refractivity contribution in [1.82, 2.24) is 0 Å². The lowest BCUT2D eigenvalue weighted by Crippen LogP contribution is -2.36. The minimum Gasteiger partial charge on any atom is -0.481 e. The molecule has 1 N–H and O–H groups in total. The summed E-state index contributed by atoms with van der Waals surface area (Å²) < 4.78 is 0. The van der Waals surface area contributed by atoms with E-state index in [1.165, 1.54) is 5.54 Å². The number of carboxylic acids is 1. The van der Waals surface area contributed by atoms with Crippen molar-refractivity contribution in [2.75, 3.05) is 0 Å². The van der Waals surface area contributed by atoms with Crippen LogP contribution in [-0.2, 0) is 4.79 Å². The van der Waals surface area contributed by atoms with Gasteiger partial charge in [0.15, 0.2) is 0 Å². The second kappa shape index (κ2) is 5.02. The Morgan fingerprint density at radius 3 is 2.80 bits per heavy atom. The summed E-state index contributed by atoms with van der Waals surface area (Å²) in [4.78, 5) is 11.4. The van der Waals surface area contributed by atoms with Crippen molar-refractivity contribution in [3.8, 4) is 0 Å². The Morgan fingerprint density at radius 2 is 2.33 bits per heavy atom. The molecule has 15 heavy (non-hydrogen) atoms. The van der Waals surface area contributed by atoms with E-state index < -0.39 is 11.4 Å². The summed E-state index contributed by atoms with van der Waals surface area (Å²) in [6.07, 6.45) is 4.33. The number of aliphatic carboxylic acids is 1. The van der Waals surface area contributed by atoms with Crippen LogP contribution in [0.2, 0.25) is 0 Å². The van der Waals surface area contributed by atoms with Crippen LogP contribution in [0.4, 0.5) is 0 Å². The number of carboxylic acid groups (broad SMARTS) is 1. The van der Waals surface area contributed by atoms with Gasteiger partial charge in [-0.05, 0) is 32.1 Å². The Bertz CT molecular complexity index is 273. The summed E-state index contributed by atoms with van der Waals surface area (Å²) in [5, 5.41) is 9.38. The van der Waals surface area contributed by atoms with Crippen molar-refractivity contribution in [3.63, 3.8) is 0 Å². The second-order valence-electron chi connectivity index (χ2n) is 4.92. The largest absolute Gasteiger partial charge is 0.481 e. The van der Waals surface area contributed by atoms with E-state index in [9.17, 15) is 9.90 Å². The highest BCUT2D eigenvalue weighted by Crippen LogP contribution is 2.44. The van der Waals surface area contributed by atoms with E-state index in [2.05, 4.69) is 6.92 Å². The fourth-order valence-electron chi connectivity index (χ4n) is 2.66. The molecule has 0 heterocycles. The molecule has 0 radical (unpaired) electrons. The maximum absolute atomic E-state index is 11.4. The number of halogens is 1. The van der Waals surface area contributed by atoms with Crippen LogP contribution < -0.4 is 0 Å². The van der Waals surface area contributed by atoms with Crippen LogP contribution >= 0.6 is 11.6 Å². The summed E-state index contributed by atoms with van der Waals surface area (Å²) in [7, 11) is 0. The smallest absolute Gasteiger partial charge is 0.309 e. The Balaban J connectivity index is 2.82. The molecule has 0 spiro atoms. The summed E-state index contributed by atoms with van der Waals surface area (Å²) in [5.41, 5.74) is 1.91. The first-order valence-electron chi connectivity index (χ1n) is 5.49. The molecule has 2 nitrogen and oxygen atoms in total. The van der Waals surface area contributed by atoms with E-state index in [0.717, 1.165) is 31.3 Å². The summed E-state index contributed by atoms with van der Waals surface area (Å²) in [5.74, 6) is -0.148. The molecule has 3 heteroatoms. The topological polar surface area (TPSA) is 37.3 Å². The third kappa shape index (κ3) is 2.97. The average Bonchev–Trinajstić information content (AvgIpc) is 2.17. The summed E-state index contributed by atoms with van der Waals surface area (Å²) in [6.45, 7) is 4.04. The first kappa shape index (κ1) is 12.6. The monoisotopic (exact) mass is 230 g/mol. The number of hydrogen-bond acceptors (Lipinski definition) is 1. The van der Waals surface area contributed by atoms with Crippen LogP contribution in [0.5, 0.6) is 0 Å². The van der Waals surface area contributed by atoms with Gasteiger partial charge in [-0.3, -0.25) is 4.79 Å². The van der Waals surface area contributed by atoms with E-state index in [0.29, 0.717) is 12.3 Å². The van der Waals surface area contributed by atoms with Gasteiger partial charge in [0.25, 0.3) is 0 Å². The van der Waals surface area contributed by atoms with Gasteiger partial charge in [-0.25, -0.2) is 0 Å². The molecule has 1 rings (SSSR count). The molecule has 1 saturated carbocycles. The van der Waals surface area contributed by atoms with E-state index in [1.807, 2.05) is 6.92 Å². The normalized spacial score (nSPS) is 32.7. The van der Waals surface area contributed by atoms with Crippen molar-refractivity contribution in [2.45, 2.75) is 46.0 Å². The van der Waals surface area contributed by atoms with Gasteiger partial charge < -0.3 is 5.11 Å². The third-order valence-corrected chi connectivity index (χ3v) is 3.72. The van der Waals surface area contributed by atoms with Gasteiger partial charge in [0, 0.05) is 5.54 Å². The van der Waals surface area contributed by atoms with Crippen LogP contribution in [0.3, 0.4) is 0 Å². The first-order chi connectivity index (χ1) is 7.00. The summed E-state index contributed by atoms with van der Waals surface area (Å²) in [6, 6.07) is 0. The molecular weight excluding hydrogens is 212 g/mol. The molecule has 86 valence electrons. The maximum Gasteiger partial charge on any atom is 0.309 e. The lowest BCUT2D eigenvalue weighted by atomic mass is 9.67.